The van der Waals surface area contributed by atoms with E-state index >= 15 is 0 Å². The van der Waals surface area contributed by atoms with Crippen molar-refractivity contribution in [3.8, 4) is 0 Å². The predicted molar refractivity (Wildman–Crippen MR) is 108 cm³/mol. The molecule has 3 aromatic rings. The van der Waals surface area contributed by atoms with Gasteiger partial charge in [-0.25, -0.2) is 4.39 Å². The third-order valence-corrected chi connectivity index (χ3v) is 4.98. The third kappa shape index (κ3) is 3.87. The van der Waals surface area contributed by atoms with Crippen molar-refractivity contribution in [1.29, 1.82) is 0 Å². The minimum atomic E-state index is -0.478. The summed E-state index contributed by atoms with van der Waals surface area (Å²) in [5, 5.41) is 2.85. The van der Waals surface area contributed by atoms with Crippen molar-refractivity contribution >= 4 is 17.5 Å². The highest BCUT2D eigenvalue weighted by atomic mass is 19.1. The van der Waals surface area contributed by atoms with E-state index in [2.05, 4.69) is 10.3 Å². The van der Waals surface area contributed by atoms with Crippen molar-refractivity contribution in [2.45, 2.75) is 25.9 Å². The third-order valence-electron chi connectivity index (χ3n) is 4.98. The van der Waals surface area contributed by atoms with E-state index in [9.17, 15) is 14.0 Å². The summed E-state index contributed by atoms with van der Waals surface area (Å²) in [4.78, 5) is 31.7. The number of hydrogen-bond donors (Lipinski definition) is 1. The Kier molecular flexibility index (Phi) is 5.08. The molecule has 0 aliphatic carbocycles. The second kappa shape index (κ2) is 7.83. The first-order valence-corrected chi connectivity index (χ1v) is 9.39. The van der Waals surface area contributed by atoms with Crippen molar-refractivity contribution in [1.82, 2.24) is 10.3 Å². The molecular formula is C23H20FN3O2. The van der Waals surface area contributed by atoms with Gasteiger partial charge in [-0.1, -0.05) is 24.3 Å². The Morgan fingerprint density at radius 3 is 2.69 bits per heavy atom. The first-order chi connectivity index (χ1) is 14.0. The topological polar surface area (TPSA) is 62.3 Å². The molecule has 1 N–H and O–H groups in total. The molecule has 6 heteroatoms. The van der Waals surface area contributed by atoms with Crippen LogP contribution >= 0.6 is 0 Å². The predicted octanol–water partition coefficient (Wildman–Crippen LogP) is 3.94. The van der Waals surface area contributed by atoms with Crippen LogP contribution in [0.3, 0.4) is 0 Å². The maximum Gasteiger partial charge on any atom is 0.260 e. The van der Waals surface area contributed by atoms with Crippen molar-refractivity contribution < 1.29 is 14.0 Å². The van der Waals surface area contributed by atoms with Gasteiger partial charge < -0.3 is 5.32 Å². The minimum absolute atomic E-state index is 0.0882. The first-order valence-electron chi connectivity index (χ1n) is 9.39. The quantitative estimate of drug-likeness (QED) is 0.719. The van der Waals surface area contributed by atoms with E-state index in [-0.39, 0.29) is 24.1 Å². The van der Waals surface area contributed by atoms with E-state index in [1.165, 1.54) is 12.1 Å². The molecule has 2 amide bonds. The van der Waals surface area contributed by atoms with Crippen molar-refractivity contribution in [3.63, 3.8) is 0 Å². The zero-order valence-corrected chi connectivity index (χ0v) is 15.9. The summed E-state index contributed by atoms with van der Waals surface area (Å²) in [6.45, 7) is 2.25. The summed E-state index contributed by atoms with van der Waals surface area (Å²) < 4.78 is 13.0. The molecule has 2 aromatic carbocycles. The second-order valence-electron chi connectivity index (χ2n) is 7.07. The monoisotopic (exact) mass is 389 g/mol. The average molecular weight is 389 g/mol. The first kappa shape index (κ1) is 18.8. The summed E-state index contributed by atoms with van der Waals surface area (Å²) in [6.07, 6.45) is 1.72. The number of carbonyl (C=O) groups excluding carboxylic acids is 2. The molecule has 0 saturated heterocycles. The van der Waals surface area contributed by atoms with Gasteiger partial charge in [-0.15, -0.1) is 0 Å². The molecule has 146 valence electrons. The molecule has 29 heavy (non-hydrogen) atoms. The lowest BCUT2D eigenvalue weighted by molar-refractivity contribution is -0.121. The molecule has 1 aliphatic heterocycles. The van der Waals surface area contributed by atoms with Crippen LogP contribution in [0.4, 0.5) is 10.1 Å². The van der Waals surface area contributed by atoms with Gasteiger partial charge in [0.1, 0.15) is 5.82 Å². The summed E-state index contributed by atoms with van der Waals surface area (Å²) in [5.41, 5.74) is 3.70. The summed E-state index contributed by atoms with van der Waals surface area (Å²) in [7, 11) is 0. The number of nitrogens with zero attached hydrogens (tertiary/aromatic N) is 2. The van der Waals surface area contributed by atoms with Crippen molar-refractivity contribution in [2.75, 3.05) is 4.90 Å². The second-order valence-corrected chi connectivity index (χ2v) is 7.07. The van der Waals surface area contributed by atoms with Crippen molar-refractivity contribution in [3.05, 3.63) is 95.1 Å². The Balaban J connectivity index is 1.56. The van der Waals surface area contributed by atoms with E-state index < -0.39 is 6.04 Å². The maximum atomic E-state index is 13.0. The summed E-state index contributed by atoms with van der Waals surface area (Å²) in [6, 6.07) is 16.6. The smallest absolute Gasteiger partial charge is 0.260 e. The lowest BCUT2D eigenvalue weighted by atomic mass is 10.1. The fourth-order valence-corrected chi connectivity index (χ4v) is 3.57. The number of rotatable bonds is 5. The van der Waals surface area contributed by atoms with Gasteiger partial charge in [-0.3, -0.25) is 19.5 Å². The number of anilines is 1. The number of hydrogen-bond acceptors (Lipinski definition) is 3. The van der Waals surface area contributed by atoms with E-state index in [0.717, 1.165) is 16.8 Å². The maximum absolute atomic E-state index is 13.0. The Morgan fingerprint density at radius 1 is 1.14 bits per heavy atom. The van der Waals surface area contributed by atoms with Crippen LogP contribution in [0.5, 0.6) is 0 Å². The molecule has 0 radical (unpaired) electrons. The minimum Gasteiger partial charge on any atom is -0.352 e. The molecule has 0 saturated carbocycles. The normalized spacial score (nSPS) is 15.3. The molecular weight excluding hydrogens is 369 g/mol. The molecule has 4 rings (SSSR count). The zero-order chi connectivity index (χ0) is 20.4. The summed E-state index contributed by atoms with van der Waals surface area (Å²) >= 11 is 0. The van der Waals surface area contributed by atoms with Crippen LogP contribution in [0, 0.1) is 12.7 Å². The van der Waals surface area contributed by atoms with Crippen LogP contribution in [0.15, 0.2) is 66.9 Å². The summed E-state index contributed by atoms with van der Waals surface area (Å²) in [5.74, 6) is -0.681. The Bertz CT molecular complexity index is 1070. The van der Waals surface area contributed by atoms with Crippen LogP contribution < -0.4 is 10.2 Å². The van der Waals surface area contributed by atoms with Crippen LogP contribution in [0.25, 0.3) is 0 Å². The highest BCUT2D eigenvalue weighted by molar-refractivity contribution is 6.11. The fourth-order valence-electron chi connectivity index (χ4n) is 3.57. The molecule has 1 aliphatic rings. The number of pyridine rings is 1. The number of benzene rings is 2. The molecule has 0 unspecified atom stereocenters. The van der Waals surface area contributed by atoms with Crippen LogP contribution in [-0.4, -0.2) is 16.8 Å². The van der Waals surface area contributed by atoms with Gasteiger partial charge in [0.2, 0.25) is 5.91 Å². The van der Waals surface area contributed by atoms with Gasteiger partial charge >= 0.3 is 0 Å². The molecule has 5 nitrogen and oxygen atoms in total. The van der Waals surface area contributed by atoms with E-state index in [1.54, 1.807) is 35.4 Å². The van der Waals surface area contributed by atoms with E-state index in [1.807, 2.05) is 31.2 Å². The standard InChI is InChI=1S/C23H20FN3O2/c1-15-4-2-5-18(12-15)27-20(22-19(23(27)29)6-3-11-25-22)13-21(28)26-14-16-7-9-17(24)10-8-16/h2-12,20H,13-14H2,1H3,(H,26,28)/t20-/m0/s1. The molecule has 2 heterocycles. The van der Waals surface area contributed by atoms with Gasteiger partial charge in [0.15, 0.2) is 0 Å². The van der Waals surface area contributed by atoms with Gasteiger partial charge in [-0.05, 0) is 54.4 Å². The number of aryl methyl sites for hydroxylation is 1. The largest absolute Gasteiger partial charge is 0.352 e. The highest BCUT2D eigenvalue weighted by Crippen LogP contribution is 2.38. The Hall–Kier alpha value is -3.54. The molecule has 1 atom stereocenters. The Labute approximate surface area is 168 Å². The lowest BCUT2D eigenvalue weighted by Crippen LogP contribution is -2.33. The highest BCUT2D eigenvalue weighted by Gasteiger charge is 2.39. The van der Waals surface area contributed by atoms with Crippen molar-refractivity contribution in [2.24, 2.45) is 0 Å². The van der Waals surface area contributed by atoms with Gasteiger partial charge in [0, 0.05) is 18.4 Å². The molecule has 0 fully saturated rings. The van der Waals surface area contributed by atoms with Crippen LogP contribution in [0.2, 0.25) is 0 Å². The number of halogens is 1. The van der Waals surface area contributed by atoms with Crippen LogP contribution in [-0.2, 0) is 11.3 Å². The average Bonchev–Trinajstić information content (AvgIpc) is 2.99. The number of fused-ring (bicyclic) bond motifs is 1. The molecule has 1 aromatic heterocycles. The van der Waals surface area contributed by atoms with E-state index in [0.29, 0.717) is 17.8 Å². The molecule has 0 bridgehead atoms. The van der Waals surface area contributed by atoms with Gasteiger partial charge in [0.25, 0.3) is 5.91 Å². The zero-order valence-electron chi connectivity index (χ0n) is 15.9. The van der Waals surface area contributed by atoms with Gasteiger partial charge in [0.05, 0.1) is 23.7 Å². The number of amides is 2. The SMILES string of the molecule is Cc1cccc(N2C(=O)c3cccnc3[C@@H]2CC(=O)NCc2ccc(F)cc2)c1. The van der Waals surface area contributed by atoms with Crippen LogP contribution in [0.1, 0.15) is 39.6 Å². The Morgan fingerprint density at radius 2 is 1.93 bits per heavy atom. The number of carbonyl (C=O) groups is 2. The molecule has 0 spiro atoms. The number of aromatic nitrogens is 1. The van der Waals surface area contributed by atoms with E-state index in [4.69, 9.17) is 0 Å². The fraction of sp³-hybridized carbons (Fsp3) is 0.174. The van der Waals surface area contributed by atoms with Gasteiger partial charge in [-0.2, -0.15) is 0 Å². The lowest BCUT2D eigenvalue weighted by Gasteiger charge is -2.25. The number of nitrogens with one attached hydrogen (secondary N) is 1.